The number of carbonyl (C=O) groups is 3. The second kappa shape index (κ2) is 8.40. The van der Waals surface area contributed by atoms with Crippen LogP contribution in [0.3, 0.4) is 0 Å². The van der Waals surface area contributed by atoms with Gasteiger partial charge in [0.2, 0.25) is 17.7 Å². The molecule has 0 aromatic carbocycles. The molecule has 2 aliphatic heterocycles. The lowest BCUT2D eigenvalue weighted by Gasteiger charge is -2.34. The molecule has 3 amide bonds. The molecule has 2 rings (SSSR count). The van der Waals surface area contributed by atoms with Gasteiger partial charge < -0.3 is 15.1 Å². The first-order valence-electron chi connectivity index (χ1n) is 9.96. The molecule has 2 heterocycles. The average molecular weight is 366 g/mol. The summed E-state index contributed by atoms with van der Waals surface area (Å²) in [6, 6.07) is 0. The molecule has 0 spiro atoms. The monoisotopic (exact) mass is 365 g/mol. The summed E-state index contributed by atoms with van der Waals surface area (Å²) in [5.74, 6) is 0.601. The lowest BCUT2D eigenvalue weighted by Crippen LogP contribution is -2.46. The Morgan fingerprint density at radius 1 is 1.15 bits per heavy atom. The zero-order valence-electron chi connectivity index (χ0n) is 17.0. The Kier molecular flexibility index (Phi) is 6.69. The smallest absolute Gasteiger partial charge is 0.227 e. The summed E-state index contributed by atoms with van der Waals surface area (Å²) < 4.78 is 0. The van der Waals surface area contributed by atoms with Gasteiger partial charge in [-0.2, -0.15) is 0 Å². The van der Waals surface area contributed by atoms with E-state index >= 15 is 0 Å². The average Bonchev–Trinajstić information content (AvgIpc) is 2.96. The highest BCUT2D eigenvalue weighted by Crippen LogP contribution is 2.28. The van der Waals surface area contributed by atoms with Crippen LogP contribution in [0.4, 0.5) is 0 Å². The van der Waals surface area contributed by atoms with Crippen molar-refractivity contribution in [1.29, 1.82) is 0 Å². The second-order valence-corrected chi connectivity index (χ2v) is 9.15. The molecule has 0 radical (unpaired) electrons. The summed E-state index contributed by atoms with van der Waals surface area (Å²) in [6.45, 7) is 12.8. The van der Waals surface area contributed by atoms with Gasteiger partial charge in [0.05, 0.1) is 5.92 Å². The van der Waals surface area contributed by atoms with Gasteiger partial charge in [-0.25, -0.2) is 0 Å². The van der Waals surface area contributed by atoms with Crippen molar-refractivity contribution in [3.63, 3.8) is 0 Å². The number of nitrogens with zero attached hydrogens (tertiary/aromatic N) is 2. The molecule has 2 aliphatic rings. The van der Waals surface area contributed by atoms with Crippen LogP contribution in [0, 0.1) is 17.8 Å². The number of amides is 3. The molecule has 1 N–H and O–H groups in total. The molecule has 1 unspecified atom stereocenters. The van der Waals surface area contributed by atoms with Gasteiger partial charge in [-0.15, -0.1) is 0 Å². The Labute approximate surface area is 157 Å². The standard InChI is InChI=1S/C20H35N3O3/c1-14(2)6-9-21-18(25)15-7-10-22(11-8-15)19(26)16-12-17(24)23(13-16)20(3,4)5/h14-16H,6-13H2,1-5H3,(H,21,25). The summed E-state index contributed by atoms with van der Waals surface area (Å²) in [7, 11) is 0. The van der Waals surface area contributed by atoms with E-state index in [1.807, 2.05) is 30.6 Å². The number of carbonyl (C=O) groups excluding carboxylic acids is 3. The van der Waals surface area contributed by atoms with Crippen molar-refractivity contribution in [3.05, 3.63) is 0 Å². The summed E-state index contributed by atoms with van der Waals surface area (Å²) in [4.78, 5) is 40.9. The fourth-order valence-corrected chi connectivity index (χ4v) is 3.77. The van der Waals surface area contributed by atoms with Gasteiger partial charge in [-0.1, -0.05) is 13.8 Å². The normalized spacial score (nSPS) is 22.2. The zero-order valence-corrected chi connectivity index (χ0v) is 17.0. The van der Waals surface area contributed by atoms with Gasteiger partial charge in [0, 0.05) is 44.1 Å². The van der Waals surface area contributed by atoms with Crippen molar-refractivity contribution in [1.82, 2.24) is 15.1 Å². The van der Waals surface area contributed by atoms with Crippen molar-refractivity contribution < 1.29 is 14.4 Å². The molecule has 1 atom stereocenters. The minimum Gasteiger partial charge on any atom is -0.356 e. The van der Waals surface area contributed by atoms with E-state index in [1.54, 1.807) is 0 Å². The summed E-state index contributed by atoms with van der Waals surface area (Å²) in [5.41, 5.74) is -0.243. The van der Waals surface area contributed by atoms with Gasteiger partial charge >= 0.3 is 0 Å². The predicted molar refractivity (Wildman–Crippen MR) is 101 cm³/mol. The molecule has 0 saturated carbocycles. The minimum absolute atomic E-state index is 0.00231. The highest BCUT2D eigenvalue weighted by Gasteiger charge is 2.41. The van der Waals surface area contributed by atoms with E-state index in [-0.39, 0.29) is 35.1 Å². The fraction of sp³-hybridized carbons (Fsp3) is 0.850. The van der Waals surface area contributed by atoms with E-state index in [4.69, 9.17) is 0 Å². The van der Waals surface area contributed by atoms with Crippen LogP contribution in [0.1, 0.15) is 60.3 Å². The Balaban J connectivity index is 1.80. The molecule has 0 aliphatic carbocycles. The maximum absolute atomic E-state index is 12.8. The largest absolute Gasteiger partial charge is 0.356 e. The Morgan fingerprint density at radius 2 is 1.77 bits per heavy atom. The molecule has 6 heteroatoms. The molecule has 2 saturated heterocycles. The molecule has 148 valence electrons. The maximum atomic E-state index is 12.8. The van der Waals surface area contributed by atoms with Crippen molar-refractivity contribution in [2.45, 2.75) is 65.8 Å². The highest BCUT2D eigenvalue weighted by atomic mass is 16.2. The zero-order chi connectivity index (χ0) is 19.5. The first kappa shape index (κ1) is 20.7. The third-order valence-electron chi connectivity index (χ3n) is 5.48. The van der Waals surface area contributed by atoms with Gasteiger partial charge in [0.15, 0.2) is 0 Å². The topological polar surface area (TPSA) is 69.7 Å². The number of rotatable bonds is 5. The molecular formula is C20H35N3O3. The van der Waals surface area contributed by atoms with Crippen LogP contribution in [-0.4, -0.2) is 59.2 Å². The first-order valence-corrected chi connectivity index (χ1v) is 9.96. The number of nitrogens with one attached hydrogen (secondary N) is 1. The number of hydrogen-bond donors (Lipinski definition) is 1. The SMILES string of the molecule is CC(C)CCNC(=O)C1CCN(C(=O)C2CC(=O)N(C(C)(C)C)C2)CC1. The van der Waals surface area contributed by atoms with Crippen molar-refractivity contribution in [2.24, 2.45) is 17.8 Å². The van der Waals surface area contributed by atoms with Gasteiger partial charge in [-0.3, -0.25) is 14.4 Å². The quantitative estimate of drug-likeness (QED) is 0.810. The Morgan fingerprint density at radius 3 is 2.27 bits per heavy atom. The van der Waals surface area contributed by atoms with Crippen LogP contribution in [-0.2, 0) is 14.4 Å². The molecule has 0 aromatic heterocycles. The van der Waals surface area contributed by atoms with E-state index in [9.17, 15) is 14.4 Å². The molecule has 26 heavy (non-hydrogen) atoms. The third kappa shape index (κ3) is 5.21. The highest BCUT2D eigenvalue weighted by molar-refractivity contribution is 5.90. The Hall–Kier alpha value is -1.59. The van der Waals surface area contributed by atoms with Crippen LogP contribution in [0.25, 0.3) is 0 Å². The molecule has 0 aromatic rings. The molecular weight excluding hydrogens is 330 g/mol. The summed E-state index contributed by atoms with van der Waals surface area (Å²) >= 11 is 0. The first-order chi connectivity index (χ1) is 12.1. The van der Waals surface area contributed by atoms with Crippen LogP contribution in [0.2, 0.25) is 0 Å². The van der Waals surface area contributed by atoms with Gasteiger partial charge in [0.25, 0.3) is 0 Å². The number of likely N-dealkylation sites (tertiary alicyclic amines) is 2. The van der Waals surface area contributed by atoms with E-state index in [0.29, 0.717) is 44.8 Å². The molecule has 6 nitrogen and oxygen atoms in total. The predicted octanol–water partition coefficient (Wildman–Crippen LogP) is 2.03. The van der Waals surface area contributed by atoms with Crippen LogP contribution in [0.5, 0.6) is 0 Å². The van der Waals surface area contributed by atoms with Crippen LogP contribution in [0.15, 0.2) is 0 Å². The van der Waals surface area contributed by atoms with Gasteiger partial charge in [0.1, 0.15) is 0 Å². The fourth-order valence-electron chi connectivity index (χ4n) is 3.77. The second-order valence-electron chi connectivity index (χ2n) is 9.15. The van der Waals surface area contributed by atoms with E-state index in [0.717, 1.165) is 13.0 Å². The lowest BCUT2D eigenvalue weighted by atomic mass is 9.94. The molecule has 2 fully saturated rings. The van der Waals surface area contributed by atoms with E-state index in [2.05, 4.69) is 19.2 Å². The number of hydrogen-bond acceptors (Lipinski definition) is 3. The van der Waals surface area contributed by atoms with Crippen molar-refractivity contribution >= 4 is 17.7 Å². The van der Waals surface area contributed by atoms with Crippen molar-refractivity contribution in [2.75, 3.05) is 26.2 Å². The van der Waals surface area contributed by atoms with Crippen molar-refractivity contribution in [3.8, 4) is 0 Å². The van der Waals surface area contributed by atoms with E-state index < -0.39 is 0 Å². The van der Waals surface area contributed by atoms with Crippen LogP contribution < -0.4 is 5.32 Å². The number of piperidine rings is 1. The third-order valence-corrected chi connectivity index (χ3v) is 5.48. The lowest BCUT2D eigenvalue weighted by molar-refractivity contribution is -0.139. The summed E-state index contributed by atoms with van der Waals surface area (Å²) in [5, 5.41) is 3.02. The molecule has 0 bridgehead atoms. The minimum atomic E-state index is -0.243. The van der Waals surface area contributed by atoms with E-state index in [1.165, 1.54) is 0 Å². The Bertz CT molecular complexity index is 531. The van der Waals surface area contributed by atoms with Gasteiger partial charge in [-0.05, 0) is 46.0 Å². The summed E-state index contributed by atoms with van der Waals surface area (Å²) in [6.07, 6.45) is 2.72. The van der Waals surface area contributed by atoms with Crippen LogP contribution >= 0.6 is 0 Å². The maximum Gasteiger partial charge on any atom is 0.227 e.